The summed E-state index contributed by atoms with van der Waals surface area (Å²) in [5, 5.41) is 17.9. The third kappa shape index (κ3) is 4.52. The smallest absolute Gasteiger partial charge is 0.273 e. The second-order valence-electron chi connectivity index (χ2n) is 6.28. The lowest BCUT2D eigenvalue weighted by Crippen LogP contribution is -2.21. The van der Waals surface area contributed by atoms with E-state index in [0.29, 0.717) is 23.7 Å². The van der Waals surface area contributed by atoms with Gasteiger partial charge in [-0.25, -0.2) is 4.68 Å². The van der Waals surface area contributed by atoms with Gasteiger partial charge in [-0.15, -0.1) is 10.2 Å². The van der Waals surface area contributed by atoms with Crippen LogP contribution < -0.4 is 15.4 Å². The van der Waals surface area contributed by atoms with Crippen LogP contribution in [0.5, 0.6) is 5.75 Å². The third-order valence-electron chi connectivity index (χ3n) is 4.39. The molecule has 0 saturated carbocycles. The van der Waals surface area contributed by atoms with Gasteiger partial charge in [0.15, 0.2) is 10.8 Å². The molecule has 2 aromatic heterocycles. The molecule has 30 heavy (non-hydrogen) atoms. The van der Waals surface area contributed by atoms with Crippen molar-refractivity contribution in [3.05, 3.63) is 47.5 Å². The van der Waals surface area contributed by atoms with Crippen LogP contribution in [-0.2, 0) is 4.74 Å². The number of para-hydroxylation sites is 1. The van der Waals surface area contributed by atoms with Gasteiger partial charge in [0.05, 0.1) is 24.7 Å². The highest BCUT2D eigenvalue weighted by atomic mass is 35.5. The number of aromatic nitrogens is 4. The molecule has 1 aromatic carbocycles. The number of ether oxygens (including phenoxy) is 2. The van der Waals surface area contributed by atoms with Gasteiger partial charge < -0.3 is 20.1 Å². The van der Waals surface area contributed by atoms with E-state index in [0.717, 1.165) is 11.1 Å². The van der Waals surface area contributed by atoms with Gasteiger partial charge >= 0.3 is 0 Å². The summed E-state index contributed by atoms with van der Waals surface area (Å²) in [6, 6.07) is 7.16. The molecule has 0 saturated heterocycles. The van der Waals surface area contributed by atoms with Crippen molar-refractivity contribution in [2.75, 3.05) is 26.1 Å². The van der Waals surface area contributed by atoms with Crippen molar-refractivity contribution in [3.8, 4) is 16.9 Å². The van der Waals surface area contributed by atoms with Gasteiger partial charge in [0.25, 0.3) is 5.91 Å². The molecule has 10 heteroatoms. The zero-order valence-corrected chi connectivity index (χ0v) is 17.9. The molecule has 1 unspecified atom stereocenters. The number of hydrogen-bond acceptors (Lipinski definition) is 7. The van der Waals surface area contributed by atoms with E-state index in [1.165, 1.54) is 13.1 Å². The van der Waals surface area contributed by atoms with Crippen molar-refractivity contribution in [1.29, 1.82) is 0 Å². The number of rotatable bonds is 8. The predicted molar refractivity (Wildman–Crippen MR) is 114 cm³/mol. The number of carbonyl (C=O) groups excluding carboxylic acids is 1. The van der Waals surface area contributed by atoms with E-state index in [4.69, 9.17) is 21.1 Å². The topological polar surface area (TPSA) is 103 Å². The summed E-state index contributed by atoms with van der Waals surface area (Å²) in [7, 11) is 3.10. The first-order valence-electron chi connectivity index (χ1n) is 9.33. The number of anilines is 2. The van der Waals surface area contributed by atoms with Crippen LogP contribution in [0.25, 0.3) is 11.1 Å². The Morgan fingerprint density at radius 3 is 2.80 bits per heavy atom. The molecule has 1 atom stereocenters. The monoisotopic (exact) mass is 430 g/mol. The van der Waals surface area contributed by atoms with E-state index in [1.54, 1.807) is 18.0 Å². The maximum Gasteiger partial charge on any atom is 0.273 e. The molecule has 2 heterocycles. The molecule has 0 fully saturated rings. The molecule has 3 rings (SSSR count). The molecule has 3 aromatic rings. The van der Waals surface area contributed by atoms with Crippen LogP contribution in [0.3, 0.4) is 0 Å². The Morgan fingerprint density at radius 1 is 1.30 bits per heavy atom. The highest BCUT2D eigenvalue weighted by Crippen LogP contribution is 2.38. The van der Waals surface area contributed by atoms with Crippen LogP contribution >= 0.6 is 11.6 Å². The first kappa shape index (κ1) is 21.5. The minimum absolute atomic E-state index is 0.118. The van der Waals surface area contributed by atoms with E-state index in [-0.39, 0.29) is 23.0 Å². The number of nitrogens with one attached hydrogen (secondary N) is 2. The summed E-state index contributed by atoms with van der Waals surface area (Å²) in [5.41, 5.74) is 2.85. The van der Waals surface area contributed by atoms with Crippen molar-refractivity contribution in [3.63, 3.8) is 0 Å². The predicted octanol–water partition coefficient (Wildman–Crippen LogP) is 3.66. The normalized spacial score (nSPS) is 11.8. The summed E-state index contributed by atoms with van der Waals surface area (Å²) < 4.78 is 13.0. The molecular formula is C20H23ClN6O3. The number of halogens is 1. The zero-order chi connectivity index (χ0) is 21.7. The van der Waals surface area contributed by atoms with Crippen LogP contribution in [0.1, 0.15) is 30.6 Å². The number of hydrogen-bond donors (Lipinski definition) is 2. The fraction of sp³-hybridized carbons (Fsp3) is 0.300. The lowest BCUT2D eigenvalue weighted by atomic mass is 10.1. The molecular weight excluding hydrogens is 408 g/mol. The van der Waals surface area contributed by atoms with Gasteiger partial charge in [-0.2, -0.15) is 5.10 Å². The Labute approximate surface area is 179 Å². The van der Waals surface area contributed by atoms with Gasteiger partial charge in [0, 0.05) is 37.0 Å². The number of carbonyl (C=O) groups is 1. The molecule has 2 N–H and O–H groups in total. The largest absolute Gasteiger partial charge is 0.494 e. The highest BCUT2D eigenvalue weighted by molar-refractivity contribution is 6.29. The molecule has 0 aliphatic rings. The lowest BCUT2D eigenvalue weighted by molar-refractivity contribution is 0.0160. The van der Waals surface area contributed by atoms with Gasteiger partial charge in [0.2, 0.25) is 0 Å². The fourth-order valence-electron chi connectivity index (χ4n) is 2.97. The SMILES string of the molecule is CCOC(C)n1cc(-c2cccc(Nc3cc(Cl)nnc3C(=O)NC)c2OC)cn1. The van der Waals surface area contributed by atoms with Crippen LogP contribution in [0.2, 0.25) is 5.15 Å². The quantitative estimate of drug-likeness (QED) is 0.562. The fourth-order valence-corrected chi connectivity index (χ4v) is 3.12. The second-order valence-corrected chi connectivity index (χ2v) is 6.67. The number of amides is 1. The maximum absolute atomic E-state index is 12.1. The molecule has 0 aliphatic carbocycles. The Morgan fingerprint density at radius 2 is 2.10 bits per heavy atom. The Kier molecular flexibility index (Phi) is 6.86. The zero-order valence-electron chi connectivity index (χ0n) is 17.1. The molecule has 9 nitrogen and oxygen atoms in total. The minimum atomic E-state index is -0.386. The van der Waals surface area contributed by atoms with Gasteiger partial charge in [0.1, 0.15) is 12.0 Å². The minimum Gasteiger partial charge on any atom is -0.494 e. The highest BCUT2D eigenvalue weighted by Gasteiger charge is 2.18. The summed E-state index contributed by atoms with van der Waals surface area (Å²) in [5.74, 6) is 0.194. The van der Waals surface area contributed by atoms with Crippen LogP contribution in [0.15, 0.2) is 36.7 Å². The van der Waals surface area contributed by atoms with Crippen LogP contribution in [0.4, 0.5) is 11.4 Å². The first-order chi connectivity index (χ1) is 14.5. The van der Waals surface area contributed by atoms with Gasteiger partial charge in [-0.05, 0) is 19.9 Å². The molecule has 0 radical (unpaired) electrons. The van der Waals surface area contributed by atoms with Crippen molar-refractivity contribution in [1.82, 2.24) is 25.3 Å². The summed E-state index contributed by atoms with van der Waals surface area (Å²) in [6.45, 7) is 4.46. The molecule has 0 aliphatic heterocycles. The molecule has 1 amide bonds. The van der Waals surface area contributed by atoms with Gasteiger partial charge in [-0.3, -0.25) is 4.79 Å². The van der Waals surface area contributed by atoms with Crippen molar-refractivity contribution in [2.24, 2.45) is 0 Å². The van der Waals surface area contributed by atoms with Crippen LogP contribution in [0, 0.1) is 0 Å². The molecule has 0 spiro atoms. The van der Waals surface area contributed by atoms with E-state index in [2.05, 4.69) is 25.9 Å². The van der Waals surface area contributed by atoms with Crippen molar-refractivity contribution < 1.29 is 14.3 Å². The van der Waals surface area contributed by atoms with E-state index < -0.39 is 0 Å². The second kappa shape index (κ2) is 9.55. The lowest BCUT2D eigenvalue weighted by Gasteiger charge is -2.16. The Hall–Kier alpha value is -3.17. The maximum atomic E-state index is 12.1. The van der Waals surface area contributed by atoms with Gasteiger partial charge in [-0.1, -0.05) is 23.7 Å². The number of methoxy groups -OCH3 is 1. The van der Waals surface area contributed by atoms with E-state index >= 15 is 0 Å². The first-order valence-corrected chi connectivity index (χ1v) is 9.71. The van der Waals surface area contributed by atoms with Crippen molar-refractivity contribution >= 4 is 28.9 Å². The average Bonchev–Trinajstić information content (AvgIpc) is 3.23. The Bertz CT molecular complexity index is 1040. The molecule has 158 valence electrons. The van der Waals surface area contributed by atoms with Crippen LogP contribution in [-0.4, -0.2) is 46.6 Å². The number of nitrogens with zero attached hydrogens (tertiary/aromatic N) is 4. The summed E-state index contributed by atoms with van der Waals surface area (Å²) in [6.07, 6.45) is 3.46. The van der Waals surface area contributed by atoms with E-state index in [1.807, 2.05) is 38.2 Å². The van der Waals surface area contributed by atoms with Crippen molar-refractivity contribution in [2.45, 2.75) is 20.1 Å². The standard InChI is InChI=1S/C20H23ClN6O3/c1-5-30-12(2)27-11-13(10-23-27)14-7-6-8-15(19(14)29-4)24-16-9-17(21)25-26-18(16)20(28)22-3/h6-12H,5H2,1-4H3,(H,22,28)(H,24,25). The third-order valence-corrected chi connectivity index (χ3v) is 4.57. The molecule has 0 bridgehead atoms. The summed E-state index contributed by atoms with van der Waals surface area (Å²) >= 11 is 5.99. The number of benzene rings is 1. The average molecular weight is 431 g/mol. The Balaban J connectivity index is 2.00. The van der Waals surface area contributed by atoms with E-state index in [9.17, 15) is 4.79 Å². The summed E-state index contributed by atoms with van der Waals surface area (Å²) in [4.78, 5) is 12.1.